The summed E-state index contributed by atoms with van der Waals surface area (Å²) in [6.07, 6.45) is 0. The van der Waals surface area contributed by atoms with Crippen molar-refractivity contribution in [2.75, 3.05) is 19.0 Å². The molecule has 0 saturated carbocycles. The third-order valence-electron chi connectivity index (χ3n) is 3.25. The molecular weight excluding hydrogens is 250 g/mol. The summed E-state index contributed by atoms with van der Waals surface area (Å²) in [4.78, 5) is 11.9. The van der Waals surface area contributed by atoms with Crippen molar-refractivity contribution in [2.24, 2.45) is 0 Å². The summed E-state index contributed by atoms with van der Waals surface area (Å²) in [7, 11) is 1.42. The molecule has 3 nitrogen and oxygen atoms in total. The van der Waals surface area contributed by atoms with E-state index >= 15 is 0 Å². The monoisotopic (exact) mass is 269 g/mol. The lowest BCUT2D eigenvalue weighted by Gasteiger charge is -2.16. The number of ether oxygens (including phenoxy) is 1. The second-order valence-corrected chi connectivity index (χ2v) is 4.73. The van der Waals surface area contributed by atoms with Crippen LogP contribution in [0, 0.1) is 6.92 Å². The van der Waals surface area contributed by atoms with Gasteiger partial charge < -0.3 is 10.1 Å². The van der Waals surface area contributed by atoms with Gasteiger partial charge >= 0.3 is 5.97 Å². The molecule has 3 heteroatoms. The van der Waals surface area contributed by atoms with Gasteiger partial charge in [-0.2, -0.15) is 0 Å². The van der Waals surface area contributed by atoms with Crippen LogP contribution in [0.4, 0.5) is 5.69 Å². The van der Waals surface area contributed by atoms with Gasteiger partial charge in [0.1, 0.15) is 0 Å². The Morgan fingerprint density at radius 1 is 1.10 bits per heavy atom. The normalized spacial score (nSPS) is 11.7. The molecule has 0 bridgehead atoms. The third-order valence-corrected chi connectivity index (χ3v) is 3.25. The highest BCUT2D eigenvalue weighted by Crippen LogP contribution is 2.18. The first-order chi connectivity index (χ1) is 9.70. The Hall–Kier alpha value is -2.29. The van der Waals surface area contributed by atoms with Gasteiger partial charge in [0.15, 0.2) is 0 Å². The maximum Gasteiger partial charge on any atom is 0.314 e. The van der Waals surface area contributed by atoms with E-state index in [1.165, 1.54) is 12.7 Å². The Kier molecular flexibility index (Phi) is 4.77. The Bertz CT molecular complexity index is 549. The van der Waals surface area contributed by atoms with Gasteiger partial charge in [0.05, 0.1) is 13.0 Å². The zero-order valence-electron chi connectivity index (χ0n) is 11.8. The molecule has 1 atom stereocenters. The molecule has 0 saturated heterocycles. The highest BCUT2D eigenvalue weighted by molar-refractivity contribution is 5.78. The zero-order valence-corrected chi connectivity index (χ0v) is 11.8. The molecule has 0 aromatic heterocycles. The van der Waals surface area contributed by atoms with Gasteiger partial charge in [-0.25, -0.2) is 0 Å². The minimum Gasteiger partial charge on any atom is -0.468 e. The minimum absolute atomic E-state index is 0.226. The molecule has 0 fully saturated rings. The Balaban J connectivity index is 2.09. The molecule has 20 heavy (non-hydrogen) atoms. The molecule has 104 valence electrons. The van der Waals surface area contributed by atoms with E-state index in [-0.39, 0.29) is 11.9 Å². The first-order valence-electron chi connectivity index (χ1n) is 6.64. The molecule has 0 spiro atoms. The number of benzene rings is 2. The predicted octanol–water partition coefficient (Wildman–Crippen LogP) is 3.36. The second-order valence-electron chi connectivity index (χ2n) is 4.73. The van der Waals surface area contributed by atoms with Crippen LogP contribution in [0.2, 0.25) is 0 Å². The van der Waals surface area contributed by atoms with Gasteiger partial charge in [-0.1, -0.05) is 48.0 Å². The number of nitrogens with one attached hydrogen (secondary N) is 1. The molecule has 0 amide bonds. The minimum atomic E-state index is -0.303. The molecule has 0 heterocycles. The number of carbonyl (C=O) groups is 1. The Morgan fingerprint density at radius 2 is 1.75 bits per heavy atom. The number of esters is 1. The van der Waals surface area contributed by atoms with E-state index in [0.29, 0.717) is 6.54 Å². The molecule has 0 aliphatic carbocycles. The lowest BCUT2D eigenvalue weighted by atomic mass is 9.99. The van der Waals surface area contributed by atoms with Crippen LogP contribution in [0.25, 0.3) is 0 Å². The number of hydrogen-bond acceptors (Lipinski definition) is 3. The van der Waals surface area contributed by atoms with Crippen molar-refractivity contribution in [2.45, 2.75) is 12.8 Å². The molecule has 2 aromatic carbocycles. The topological polar surface area (TPSA) is 38.3 Å². The number of hydrogen-bond donors (Lipinski definition) is 1. The average molecular weight is 269 g/mol. The molecular formula is C17H19NO2. The lowest BCUT2D eigenvalue weighted by Crippen LogP contribution is -2.22. The number of carbonyl (C=O) groups excluding carboxylic acids is 1. The summed E-state index contributed by atoms with van der Waals surface area (Å²) in [5.74, 6) is -0.529. The van der Waals surface area contributed by atoms with Crippen molar-refractivity contribution < 1.29 is 9.53 Å². The molecule has 0 aliphatic rings. The van der Waals surface area contributed by atoms with Crippen LogP contribution in [-0.4, -0.2) is 19.6 Å². The fourth-order valence-electron chi connectivity index (χ4n) is 2.06. The van der Waals surface area contributed by atoms with Gasteiger partial charge in [-0.15, -0.1) is 0 Å². The maximum atomic E-state index is 11.9. The van der Waals surface area contributed by atoms with Crippen LogP contribution < -0.4 is 5.32 Å². The van der Waals surface area contributed by atoms with E-state index in [1.807, 2.05) is 61.5 Å². The van der Waals surface area contributed by atoms with Crippen LogP contribution in [0.5, 0.6) is 0 Å². The van der Waals surface area contributed by atoms with Gasteiger partial charge in [-0.05, 0) is 24.6 Å². The summed E-state index contributed by atoms with van der Waals surface area (Å²) in [6, 6.07) is 17.8. The molecule has 0 radical (unpaired) electrons. The highest BCUT2D eigenvalue weighted by atomic mass is 16.5. The summed E-state index contributed by atoms with van der Waals surface area (Å²) in [5, 5.41) is 3.28. The maximum absolute atomic E-state index is 11.9. The standard InChI is InChI=1S/C17H19NO2/c1-13-8-10-15(11-9-13)18-12-16(17(19)20-2)14-6-4-3-5-7-14/h3-11,16,18H,12H2,1-2H3. The summed E-state index contributed by atoms with van der Waals surface area (Å²) in [5.41, 5.74) is 3.17. The van der Waals surface area contributed by atoms with Gasteiger partial charge in [0.2, 0.25) is 0 Å². The van der Waals surface area contributed by atoms with Crippen LogP contribution >= 0.6 is 0 Å². The van der Waals surface area contributed by atoms with Crippen LogP contribution in [0.15, 0.2) is 54.6 Å². The van der Waals surface area contributed by atoms with Crippen molar-refractivity contribution >= 4 is 11.7 Å². The number of anilines is 1. The smallest absolute Gasteiger partial charge is 0.314 e. The molecule has 0 aliphatic heterocycles. The summed E-state index contributed by atoms with van der Waals surface area (Å²) < 4.78 is 4.90. The molecule has 2 aromatic rings. The predicted molar refractivity (Wildman–Crippen MR) is 80.9 cm³/mol. The van der Waals surface area contributed by atoms with Gasteiger partial charge in [0, 0.05) is 12.2 Å². The van der Waals surface area contributed by atoms with Gasteiger partial charge in [-0.3, -0.25) is 4.79 Å². The van der Waals surface area contributed by atoms with Crippen LogP contribution in [0.3, 0.4) is 0 Å². The Morgan fingerprint density at radius 3 is 2.35 bits per heavy atom. The first-order valence-corrected chi connectivity index (χ1v) is 6.64. The van der Waals surface area contributed by atoms with E-state index in [9.17, 15) is 4.79 Å². The molecule has 2 rings (SSSR count). The van der Waals surface area contributed by atoms with Crippen molar-refractivity contribution in [3.05, 3.63) is 65.7 Å². The quantitative estimate of drug-likeness (QED) is 0.846. The van der Waals surface area contributed by atoms with Crippen molar-refractivity contribution in [1.82, 2.24) is 0 Å². The largest absolute Gasteiger partial charge is 0.468 e. The van der Waals surface area contributed by atoms with Crippen molar-refractivity contribution in [3.63, 3.8) is 0 Å². The number of aryl methyl sites for hydroxylation is 1. The van der Waals surface area contributed by atoms with E-state index in [2.05, 4.69) is 5.32 Å². The molecule has 1 unspecified atom stereocenters. The van der Waals surface area contributed by atoms with E-state index < -0.39 is 0 Å². The lowest BCUT2D eigenvalue weighted by molar-refractivity contribution is -0.142. The average Bonchev–Trinajstić information content (AvgIpc) is 2.50. The summed E-state index contributed by atoms with van der Waals surface area (Å²) in [6.45, 7) is 2.56. The first kappa shape index (κ1) is 14.1. The highest BCUT2D eigenvalue weighted by Gasteiger charge is 2.20. The number of methoxy groups -OCH3 is 1. The van der Waals surface area contributed by atoms with Crippen molar-refractivity contribution in [1.29, 1.82) is 0 Å². The SMILES string of the molecule is COC(=O)C(CNc1ccc(C)cc1)c1ccccc1. The number of rotatable bonds is 5. The van der Waals surface area contributed by atoms with E-state index in [4.69, 9.17) is 4.74 Å². The summed E-state index contributed by atoms with van der Waals surface area (Å²) >= 11 is 0. The van der Waals surface area contributed by atoms with Gasteiger partial charge in [0.25, 0.3) is 0 Å². The van der Waals surface area contributed by atoms with Crippen LogP contribution in [0.1, 0.15) is 17.0 Å². The molecule has 1 N–H and O–H groups in total. The fraction of sp³-hybridized carbons (Fsp3) is 0.235. The third kappa shape index (κ3) is 3.60. The van der Waals surface area contributed by atoms with E-state index in [0.717, 1.165) is 11.3 Å². The second kappa shape index (κ2) is 6.75. The van der Waals surface area contributed by atoms with Crippen LogP contribution in [-0.2, 0) is 9.53 Å². The fourth-order valence-corrected chi connectivity index (χ4v) is 2.06. The van der Waals surface area contributed by atoms with Crippen molar-refractivity contribution in [3.8, 4) is 0 Å². The Labute approximate surface area is 119 Å². The zero-order chi connectivity index (χ0) is 14.4. The van der Waals surface area contributed by atoms with E-state index in [1.54, 1.807) is 0 Å².